The maximum absolute atomic E-state index is 13.4. The lowest BCUT2D eigenvalue weighted by atomic mass is 9.83. The molecule has 3 heterocycles. The molecule has 1 amide bonds. The van der Waals surface area contributed by atoms with Crippen molar-refractivity contribution in [1.29, 1.82) is 0 Å². The molecule has 198 valence electrons. The Kier molecular flexibility index (Phi) is 7.92. The number of hydrogen-bond donors (Lipinski definition) is 2. The molecule has 7 nitrogen and oxygen atoms in total. The first kappa shape index (κ1) is 26.0. The number of piperidine rings is 1. The number of amides is 1. The van der Waals surface area contributed by atoms with Crippen molar-refractivity contribution in [3.05, 3.63) is 46.3 Å². The Morgan fingerprint density at radius 3 is 2.78 bits per heavy atom. The Labute approximate surface area is 217 Å². The summed E-state index contributed by atoms with van der Waals surface area (Å²) in [5.41, 5.74) is 3.42. The van der Waals surface area contributed by atoms with Gasteiger partial charge in [0.25, 0.3) is 5.91 Å². The van der Waals surface area contributed by atoms with Crippen molar-refractivity contribution in [2.24, 2.45) is 11.8 Å². The maximum Gasteiger partial charge on any atom is 0.254 e. The monoisotopic (exact) mass is 515 g/mol. The highest BCUT2D eigenvalue weighted by molar-refractivity contribution is 7.23. The third kappa shape index (κ3) is 5.05. The Morgan fingerprint density at radius 2 is 2.03 bits per heavy atom. The zero-order valence-corrected chi connectivity index (χ0v) is 22.9. The summed E-state index contributed by atoms with van der Waals surface area (Å²) in [6.45, 7) is 8.55. The topological polar surface area (TPSA) is 76.5 Å². The number of allylic oxidation sites excluding steroid dienone is 7. The molecule has 0 aromatic heterocycles. The summed E-state index contributed by atoms with van der Waals surface area (Å²) in [6.07, 6.45) is 11.0. The van der Waals surface area contributed by atoms with E-state index in [1.165, 1.54) is 17.4 Å². The minimum Gasteiger partial charge on any atom is -0.495 e. The molecule has 2 aliphatic carbocycles. The third-order valence-corrected chi connectivity index (χ3v) is 9.39. The van der Waals surface area contributed by atoms with Crippen molar-refractivity contribution < 1.29 is 19.7 Å². The summed E-state index contributed by atoms with van der Waals surface area (Å²) < 4.78 is 5.79. The summed E-state index contributed by atoms with van der Waals surface area (Å²) in [6, 6.07) is 0.758. The molecule has 2 N–H and O–H groups in total. The van der Waals surface area contributed by atoms with Crippen molar-refractivity contribution in [1.82, 2.24) is 14.7 Å². The molecule has 8 heteroatoms. The average molecular weight is 516 g/mol. The molecule has 5 rings (SSSR count). The van der Waals surface area contributed by atoms with Gasteiger partial charge in [-0.05, 0) is 74.4 Å². The molecule has 5 unspecified atom stereocenters. The van der Waals surface area contributed by atoms with Crippen LogP contribution >= 0.6 is 9.24 Å². The Bertz CT molecular complexity index is 989. The van der Waals surface area contributed by atoms with E-state index in [9.17, 15) is 15.0 Å². The number of nitrogens with zero attached hydrogens (tertiary/aromatic N) is 3. The lowest BCUT2D eigenvalue weighted by molar-refractivity contribution is -0.127. The second-order valence-corrected chi connectivity index (χ2v) is 11.7. The number of carbonyl (C=O) groups is 1. The fraction of sp³-hybridized carbons (Fsp3) is 0.679. The van der Waals surface area contributed by atoms with Crippen molar-refractivity contribution in [2.45, 2.75) is 70.6 Å². The predicted octanol–water partition coefficient (Wildman–Crippen LogP) is 2.99. The molecular formula is C28H42N3O4P. The third-order valence-electron chi connectivity index (χ3n) is 8.89. The lowest BCUT2D eigenvalue weighted by Crippen LogP contribution is -2.42. The van der Waals surface area contributed by atoms with Gasteiger partial charge < -0.3 is 24.7 Å². The van der Waals surface area contributed by atoms with E-state index in [4.69, 9.17) is 4.74 Å². The van der Waals surface area contributed by atoms with Gasteiger partial charge in [0.2, 0.25) is 0 Å². The summed E-state index contributed by atoms with van der Waals surface area (Å²) in [5, 5.41) is 20.6. The molecule has 3 fully saturated rings. The molecule has 0 radical (unpaired) electrons. The Balaban J connectivity index is 1.26. The normalized spacial score (nSPS) is 30.5. The van der Waals surface area contributed by atoms with Crippen molar-refractivity contribution in [3.63, 3.8) is 0 Å². The standard InChI is InChI=1S/C28H42N3O4P/c1-3-22(33)17-35-23-5-6-24-19(12-23)8-10-30(28(24)34)21-4-7-25(27(36)13-21)31-11-9-20-14-29(15-26(20)31)18(2)16-32/h5-6,13,18-20,22,26,32-33H,3-4,7-12,14-17,36H2,1-2H3/t18?,19?,20?,22-,26?/m0/s1. The molecule has 3 aliphatic heterocycles. The zero-order valence-electron chi connectivity index (χ0n) is 21.7. The second-order valence-electron chi connectivity index (χ2n) is 11.1. The molecule has 0 bridgehead atoms. The van der Waals surface area contributed by atoms with Crippen LogP contribution in [0.15, 0.2) is 46.3 Å². The van der Waals surface area contributed by atoms with Crippen LogP contribution in [-0.4, -0.2) is 88.4 Å². The molecule has 3 saturated heterocycles. The van der Waals surface area contributed by atoms with Gasteiger partial charge in [-0.1, -0.05) is 6.92 Å². The second kappa shape index (κ2) is 11.0. The van der Waals surface area contributed by atoms with E-state index in [-0.39, 0.29) is 24.5 Å². The molecule has 0 aromatic carbocycles. The van der Waals surface area contributed by atoms with Crippen molar-refractivity contribution in [2.75, 3.05) is 39.4 Å². The van der Waals surface area contributed by atoms with Gasteiger partial charge in [-0.3, -0.25) is 9.69 Å². The van der Waals surface area contributed by atoms with Crippen LogP contribution < -0.4 is 0 Å². The van der Waals surface area contributed by atoms with E-state index in [1.54, 1.807) is 0 Å². The number of hydrogen-bond acceptors (Lipinski definition) is 6. The number of likely N-dealkylation sites (tertiary alicyclic amines) is 3. The SMILES string of the molecule is CC[C@H](O)COC1=CC=C2C(=O)N(C3=CC(P)=C(N4CCC5CN(C(C)CO)CC54)CC3)CCC2C1. The van der Waals surface area contributed by atoms with Crippen molar-refractivity contribution in [3.8, 4) is 0 Å². The highest BCUT2D eigenvalue weighted by Crippen LogP contribution is 2.42. The summed E-state index contributed by atoms with van der Waals surface area (Å²) in [4.78, 5) is 20.5. The average Bonchev–Trinajstić information content (AvgIpc) is 3.48. The van der Waals surface area contributed by atoms with Crippen LogP contribution in [0.25, 0.3) is 0 Å². The van der Waals surface area contributed by atoms with Crippen LogP contribution in [0.1, 0.15) is 52.4 Å². The Hall–Kier alpha value is -1.66. The number of fused-ring (bicyclic) bond motifs is 2. The van der Waals surface area contributed by atoms with Gasteiger partial charge in [-0.15, -0.1) is 9.24 Å². The summed E-state index contributed by atoms with van der Waals surface area (Å²) in [7, 11) is 2.94. The quantitative estimate of drug-likeness (QED) is 0.484. The molecule has 36 heavy (non-hydrogen) atoms. The molecule has 0 saturated carbocycles. The maximum atomic E-state index is 13.4. The van der Waals surface area contributed by atoms with E-state index in [1.807, 2.05) is 24.0 Å². The van der Waals surface area contributed by atoms with E-state index in [2.05, 4.69) is 32.0 Å². The minimum absolute atomic E-state index is 0.133. The summed E-state index contributed by atoms with van der Waals surface area (Å²) >= 11 is 0. The fourth-order valence-corrected chi connectivity index (χ4v) is 7.04. The van der Waals surface area contributed by atoms with E-state index in [0.29, 0.717) is 25.0 Å². The molecule has 0 spiro atoms. The molecular weight excluding hydrogens is 473 g/mol. The lowest BCUT2D eigenvalue weighted by Gasteiger charge is -2.39. The number of aliphatic hydroxyl groups excluding tert-OH is 2. The van der Waals surface area contributed by atoms with Crippen LogP contribution in [0.2, 0.25) is 0 Å². The fourth-order valence-electron chi connectivity index (χ4n) is 6.54. The predicted molar refractivity (Wildman–Crippen MR) is 144 cm³/mol. The first-order valence-electron chi connectivity index (χ1n) is 13.7. The van der Waals surface area contributed by atoms with Crippen LogP contribution in [0.4, 0.5) is 0 Å². The zero-order chi connectivity index (χ0) is 25.4. The van der Waals surface area contributed by atoms with Gasteiger partial charge in [0, 0.05) is 61.7 Å². The highest BCUT2D eigenvalue weighted by atomic mass is 31.0. The van der Waals surface area contributed by atoms with E-state index in [0.717, 1.165) is 68.9 Å². The highest BCUT2D eigenvalue weighted by Gasteiger charge is 2.44. The van der Waals surface area contributed by atoms with E-state index < -0.39 is 6.10 Å². The first-order valence-corrected chi connectivity index (χ1v) is 14.3. The Morgan fingerprint density at radius 1 is 1.19 bits per heavy atom. The molecule has 0 aromatic rings. The largest absolute Gasteiger partial charge is 0.495 e. The van der Waals surface area contributed by atoms with E-state index >= 15 is 0 Å². The van der Waals surface area contributed by atoms with Crippen LogP contribution in [-0.2, 0) is 9.53 Å². The van der Waals surface area contributed by atoms with Gasteiger partial charge in [0.05, 0.1) is 18.5 Å². The number of carbonyl (C=O) groups excluding carboxylic acids is 1. The first-order chi connectivity index (χ1) is 17.4. The van der Waals surface area contributed by atoms with Gasteiger partial charge >= 0.3 is 0 Å². The molecule has 6 atom stereocenters. The summed E-state index contributed by atoms with van der Waals surface area (Å²) in [5.74, 6) is 1.89. The number of rotatable bonds is 8. The van der Waals surface area contributed by atoms with Gasteiger partial charge in [0.15, 0.2) is 0 Å². The number of ether oxygens (including phenoxy) is 1. The minimum atomic E-state index is -0.444. The molecule has 5 aliphatic rings. The van der Waals surface area contributed by atoms with Gasteiger partial charge in [-0.2, -0.15) is 0 Å². The van der Waals surface area contributed by atoms with Gasteiger partial charge in [0.1, 0.15) is 6.61 Å². The van der Waals surface area contributed by atoms with Crippen LogP contribution in [0.5, 0.6) is 0 Å². The number of aliphatic hydroxyl groups is 2. The van der Waals surface area contributed by atoms with Crippen LogP contribution in [0, 0.1) is 11.8 Å². The van der Waals surface area contributed by atoms with Crippen molar-refractivity contribution >= 4 is 15.1 Å². The smallest absolute Gasteiger partial charge is 0.254 e. The van der Waals surface area contributed by atoms with Crippen LogP contribution in [0.3, 0.4) is 0 Å². The van der Waals surface area contributed by atoms with Gasteiger partial charge in [-0.25, -0.2) is 0 Å².